The van der Waals surface area contributed by atoms with Crippen molar-refractivity contribution in [3.63, 3.8) is 0 Å². The van der Waals surface area contributed by atoms with Crippen LogP contribution < -0.4 is 10.2 Å². The number of amides is 1. The minimum atomic E-state index is -1.06. The van der Waals surface area contributed by atoms with E-state index in [0.29, 0.717) is 13.0 Å². The summed E-state index contributed by atoms with van der Waals surface area (Å²) in [5.41, 5.74) is 1.04. The second kappa shape index (κ2) is 5.63. The first kappa shape index (κ1) is 14.5. The van der Waals surface area contributed by atoms with Crippen LogP contribution in [0.2, 0.25) is 0 Å². The average molecular weight is 276 g/mol. The van der Waals surface area contributed by atoms with Gasteiger partial charge in [0.1, 0.15) is 5.54 Å². The molecule has 20 heavy (non-hydrogen) atoms. The van der Waals surface area contributed by atoms with Crippen LogP contribution in [0.5, 0.6) is 0 Å². The summed E-state index contributed by atoms with van der Waals surface area (Å²) < 4.78 is 0. The Bertz CT molecular complexity index is 530. The van der Waals surface area contributed by atoms with Crippen molar-refractivity contribution in [1.29, 1.82) is 0 Å². The van der Waals surface area contributed by atoms with Crippen LogP contribution in [0.4, 0.5) is 5.69 Å². The van der Waals surface area contributed by atoms with Gasteiger partial charge in [-0.3, -0.25) is 14.9 Å². The van der Waals surface area contributed by atoms with Crippen molar-refractivity contribution >= 4 is 17.6 Å². The highest BCUT2D eigenvalue weighted by Gasteiger charge is 2.32. The second-order valence-corrected chi connectivity index (χ2v) is 5.27. The number of aliphatic carboxylic acids is 1. The summed E-state index contributed by atoms with van der Waals surface area (Å²) >= 11 is 0. The molecule has 0 fully saturated rings. The van der Waals surface area contributed by atoms with Crippen molar-refractivity contribution in [2.45, 2.75) is 32.2 Å². The van der Waals surface area contributed by atoms with Crippen LogP contribution in [0.3, 0.4) is 0 Å². The van der Waals surface area contributed by atoms with Crippen molar-refractivity contribution in [2.75, 3.05) is 18.0 Å². The molecule has 0 bridgehead atoms. The molecule has 1 aromatic rings. The van der Waals surface area contributed by atoms with Crippen molar-refractivity contribution in [2.24, 2.45) is 0 Å². The van der Waals surface area contributed by atoms with Gasteiger partial charge in [0, 0.05) is 12.2 Å². The Morgan fingerprint density at radius 2 is 2.10 bits per heavy atom. The van der Waals surface area contributed by atoms with Crippen LogP contribution >= 0.6 is 0 Å². The van der Waals surface area contributed by atoms with Crippen LogP contribution in [0, 0.1) is 0 Å². The number of carboxylic acid groups (broad SMARTS) is 1. The van der Waals surface area contributed by atoms with Crippen molar-refractivity contribution < 1.29 is 14.7 Å². The molecule has 1 aliphatic rings. The number of nitrogens with one attached hydrogen (secondary N) is 1. The van der Waals surface area contributed by atoms with Gasteiger partial charge in [-0.25, -0.2) is 0 Å². The lowest BCUT2D eigenvalue weighted by atomic mass is 9.99. The lowest BCUT2D eigenvalue weighted by Crippen LogP contribution is -2.52. The third-order valence-electron chi connectivity index (χ3n) is 4.00. The molecule has 5 heteroatoms. The highest BCUT2D eigenvalue weighted by molar-refractivity contribution is 5.97. The summed E-state index contributed by atoms with van der Waals surface area (Å²) in [6.45, 7) is 4.08. The quantitative estimate of drug-likeness (QED) is 0.853. The first-order chi connectivity index (χ1) is 9.48. The molecule has 2 N–H and O–H groups in total. The van der Waals surface area contributed by atoms with Gasteiger partial charge in [0.05, 0.1) is 6.54 Å². The summed E-state index contributed by atoms with van der Waals surface area (Å²) in [4.78, 5) is 25.2. The van der Waals surface area contributed by atoms with Gasteiger partial charge in [-0.2, -0.15) is 0 Å². The molecule has 2 rings (SSSR count). The highest BCUT2D eigenvalue weighted by atomic mass is 16.4. The molecule has 0 saturated heterocycles. The van der Waals surface area contributed by atoms with Crippen molar-refractivity contribution in [1.82, 2.24) is 5.32 Å². The number of anilines is 1. The van der Waals surface area contributed by atoms with E-state index in [1.165, 1.54) is 0 Å². The topological polar surface area (TPSA) is 69.6 Å². The number of para-hydroxylation sites is 1. The Balaban J connectivity index is 2.02. The molecule has 1 atom stereocenters. The smallest absolute Gasteiger partial charge is 0.323 e. The minimum Gasteiger partial charge on any atom is -0.480 e. The van der Waals surface area contributed by atoms with Crippen molar-refractivity contribution in [3.05, 3.63) is 29.8 Å². The number of fused-ring (bicyclic) bond motifs is 1. The summed E-state index contributed by atoms with van der Waals surface area (Å²) in [5, 5.41) is 12.0. The van der Waals surface area contributed by atoms with Crippen LogP contribution in [0.1, 0.15) is 25.8 Å². The molecular weight excluding hydrogens is 256 g/mol. The minimum absolute atomic E-state index is 0.0327. The molecule has 108 valence electrons. The van der Waals surface area contributed by atoms with Crippen LogP contribution in [0.25, 0.3) is 0 Å². The number of carboxylic acids is 1. The normalized spacial score (nSPS) is 16.6. The molecule has 1 amide bonds. The van der Waals surface area contributed by atoms with Gasteiger partial charge >= 0.3 is 5.97 Å². The Kier molecular flexibility index (Phi) is 4.09. The molecule has 0 aliphatic carbocycles. The molecule has 5 nitrogen and oxygen atoms in total. The van der Waals surface area contributed by atoms with Crippen LogP contribution in [0.15, 0.2) is 24.3 Å². The number of rotatable bonds is 5. The Morgan fingerprint density at radius 3 is 2.75 bits per heavy atom. The predicted molar refractivity (Wildman–Crippen MR) is 76.8 cm³/mol. The number of carbonyl (C=O) groups excluding carboxylic acids is 1. The maximum atomic E-state index is 12.3. The number of hydrogen-bond acceptors (Lipinski definition) is 3. The zero-order valence-corrected chi connectivity index (χ0v) is 11.8. The molecule has 0 saturated carbocycles. The Labute approximate surface area is 118 Å². The van der Waals surface area contributed by atoms with Gasteiger partial charge in [-0.05, 0) is 31.4 Å². The fourth-order valence-corrected chi connectivity index (χ4v) is 2.32. The summed E-state index contributed by atoms with van der Waals surface area (Å²) in [6.07, 6.45) is 1.28. The van der Waals surface area contributed by atoms with E-state index in [4.69, 9.17) is 0 Å². The summed E-state index contributed by atoms with van der Waals surface area (Å²) in [7, 11) is 0. The number of carbonyl (C=O) groups is 2. The zero-order chi connectivity index (χ0) is 14.8. The van der Waals surface area contributed by atoms with Gasteiger partial charge < -0.3 is 10.0 Å². The second-order valence-electron chi connectivity index (χ2n) is 5.27. The van der Waals surface area contributed by atoms with E-state index < -0.39 is 11.5 Å². The third-order valence-corrected chi connectivity index (χ3v) is 4.00. The Hall–Kier alpha value is -1.88. The molecule has 1 heterocycles. The Morgan fingerprint density at radius 1 is 1.40 bits per heavy atom. The average Bonchev–Trinajstić information content (AvgIpc) is 2.88. The van der Waals surface area contributed by atoms with Gasteiger partial charge in [0.15, 0.2) is 0 Å². The highest BCUT2D eigenvalue weighted by Crippen LogP contribution is 2.27. The molecular formula is C15H20N2O3. The van der Waals surface area contributed by atoms with Crippen LogP contribution in [-0.4, -0.2) is 35.6 Å². The van der Waals surface area contributed by atoms with Crippen molar-refractivity contribution in [3.8, 4) is 0 Å². The lowest BCUT2D eigenvalue weighted by Gasteiger charge is -2.26. The molecule has 1 aromatic carbocycles. The number of nitrogens with zero attached hydrogens (tertiary/aromatic N) is 1. The first-order valence-electron chi connectivity index (χ1n) is 6.84. The zero-order valence-electron chi connectivity index (χ0n) is 11.8. The van der Waals surface area contributed by atoms with E-state index >= 15 is 0 Å². The maximum Gasteiger partial charge on any atom is 0.323 e. The molecule has 1 unspecified atom stereocenters. The predicted octanol–water partition coefficient (Wildman–Crippen LogP) is 1.42. The maximum absolute atomic E-state index is 12.3. The summed E-state index contributed by atoms with van der Waals surface area (Å²) in [6, 6.07) is 7.81. The lowest BCUT2D eigenvalue weighted by molar-refractivity contribution is -0.144. The van der Waals surface area contributed by atoms with E-state index in [0.717, 1.165) is 17.7 Å². The third kappa shape index (κ3) is 2.67. The van der Waals surface area contributed by atoms with Gasteiger partial charge in [0.2, 0.25) is 5.91 Å². The number of benzene rings is 1. The molecule has 0 radical (unpaired) electrons. The van der Waals surface area contributed by atoms with Gasteiger partial charge in [0.25, 0.3) is 0 Å². The van der Waals surface area contributed by atoms with Gasteiger partial charge in [-0.1, -0.05) is 25.1 Å². The first-order valence-corrected chi connectivity index (χ1v) is 6.84. The molecule has 0 aromatic heterocycles. The van der Waals surface area contributed by atoms with Gasteiger partial charge in [-0.15, -0.1) is 0 Å². The standard InChI is InChI=1S/C15H20N2O3/c1-3-15(2,14(19)20)16-10-13(18)17-9-8-11-6-4-5-7-12(11)17/h4-7,16H,3,8-10H2,1-2H3,(H,19,20). The van der Waals surface area contributed by atoms with E-state index in [2.05, 4.69) is 5.32 Å². The molecule has 1 aliphatic heterocycles. The largest absolute Gasteiger partial charge is 0.480 e. The van der Waals surface area contributed by atoms with E-state index in [-0.39, 0.29) is 12.5 Å². The van der Waals surface area contributed by atoms with E-state index in [9.17, 15) is 14.7 Å². The SMILES string of the molecule is CCC(C)(NCC(=O)N1CCc2ccccc21)C(=O)O. The fraction of sp³-hybridized carbons (Fsp3) is 0.467. The number of hydrogen-bond donors (Lipinski definition) is 2. The van der Waals surface area contributed by atoms with E-state index in [1.807, 2.05) is 24.3 Å². The van der Waals surface area contributed by atoms with E-state index in [1.54, 1.807) is 18.7 Å². The monoisotopic (exact) mass is 276 g/mol. The van der Waals surface area contributed by atoms with Crippen LogP contribution in [-0.2, 0) is 16.0 Å². The fourth-order valence-electron chi connectivity index (χ4n) is 2.32. The molecule has 0 spiro atoms. The summed E-state index contributed by atoms with van der Waals surface area (Å²) in [5.74, 6) is -1.02.